The molecule has 0 aliphatic rings. The fourth-order valence-corrected chi connectivity index (χ4v) is 2.11. The minimum atomic E-state index is 0.0260. The van der Waals surface area contributed by atoms with Gasteiger partial charge in [0.25, 0.3) is 0 Å². The average molecular weight is 269 g/mol. The molecule has 1 unspecified atom stereocenters. The number of benzene rings is 1. The molecule has 0 amide bonds. The molecular weight excluding hydrogens is 254 g/mol. The van der Waals surface area contributed by atoms with E-state index in [-0.39, 0.29) is 6.04 Å². The zero-order valence-corrected chi connectivity index (χ0v) is 10.9. The highest BCUT2D eigenvalue weighted by atomic mass is 16.5. The highest BCUT2D eigenvalue weighted by Gasteiger charge is 2.15. The molecule has 2 aromatic heterocycles. The van der Waals surface area contributed by atoms with Crippen LogP contribution in [0.5, 0.6) is 0 Å². The average Bonchev–Trinajstić information content (AvgIpc) is 3.18. The van der Waals surface area contributed by atoms with E-state index < -0.39 is 0 Å². The van der Waals surface area contributed by atoms with Gasteiger partial charge in [-0.3, -0.25) is 0 Å². The number of furan rings is 1. The maximum Gasteiger partial charge on any atom is 0.213 e. The number of aromatic nitrogens is 2. The van der Waals surface area contributed by atoms with Crippen LogP contribution in [0.25, 0.3) is 0 Å². The van der Waals surface area contributed by atoms with Gasteiger partial charge in [0, 0.05) is 13.0 Å². The van der Waals surface area contributed by atoms with E-state index in [0.29, 0.717) is 12.2 Å². The molecule has 3 aromatic rings. The second-order valence-electron chi connectivity index (χ2n) is 4.41. The number of nitrogens with one attached hydrogen (secondary N) is 1. The van der Waals surface area contributed by atoms with Crippen molar-refractivity contribution in [3.05, 3.63) is 72.3 Å². The summed E-state index contributed by atoms with van der Waals surface area (Å²) in [6, 6.07) is 14.1. The second kappa shape index (κ2) is 6.16. The van der Waals surface area contributed by atoms with Crippen LogP contribution < -0.4 is 5.32 Å². The van der Waals surface area contributed by atoms with Gasteiger partial charge in [-0.15, -0.1) is 0 Å². The van der Waals surface area contributed by atoms with Crippen molar-refractivity contribution >= 4 is 0 Å². The summed E-state index contributed by atoms with van der Waals surface area (Å²) >= 11 is 0. The van der Waals surface area contributed by atoms with Crippen LogP contribution in [0.3, 0.4) is 0 Å². The Kier molecular flexibility index (Phi) is 3.89. The van der Waals surface area contributed by atoms with Gasteiger partial charge < -0.3 is 14.3 Å². The van der Waals surface area contributed by atoms with E-state index in [2.05, 4.69) is 27.6 Å². The van der Waals surface area contributed by atoms with Gasteiger partial charge in [0.15, 0.2) is 5.82 Å². The van der Waals surface area contributed by atoms with Gasteiger partial charge in [0.2, 0.25) is 6.39 Å². The fraction of sp³-hybridized carbons (Fsp3) is 0.200. The lowest BCUT2D eigenvalue weighted by molar-refractivity contribution is 0.407. The zero-order chi connectivity index (χ0) is 13.6. The van der Waals surface area contributed by atoms with Crippen LogP contribution in [0.2, 0.25) is 0 Å². The molecule has 102 valence electrons. The minimum absolute atomic E-state index is 0.0260. The number of rotatable bonds is 6. The Labute approximate surface area is 116 Å². The van der Waals surface area contributed by atoms with Crippen LogP contribution in [0.15, 0.2) is 64.1 Å². The highest BCUT2D eigenvalue weighted by Crippen LogP contribution is 2.22. The van der Waals surface area contributed by atoms with E-state index in [0.717, 1.165) is 17.9 Å². The predicted octanol–water partition coefficient (Wildman–Crippen LogP) is 2.58. The number of nitrogens with zero attached hydrogens (tertiary/aromatic N) is 2. The van der Waals surface area contributed by atoms with Crippen molar-refractivity contribution in [1.29, 1.82) is 0 Å². The van der Waals surface area contributed by atoms with E-state index in [1.165, 1.54) is 6.39 Å². The van der Waals surface area contributed by atoms with Crippen molar-refractivity contribution in [3.63, 3.8) is 0 Å². The first-order valence-electron chi connectivity index (χ1n) is 6.50. The Morgan fingerprint density at radius 1 is 1.10 bits per heavy atom. The molecule has 0 fully saturated rings. The van der Waals surface area contributed by atoms with Crippen molar-refractivity contribution in [1.82, 2.24) is 15.5 Å². The SMILES string of the molecule is c1ccc(C(NCCc2ncon2)c2ccco2)cc1. The van der Waals surface area contributed by atoms with Crippen LogP contribution in [-0.2, 0) is 6.42 Å². The van der Waals surface area contributed by atoms with Crippen molar-refractivity contribution in [2.24, 2.45) is 0 Å². The molecule has 20 heavy (non-hydrogen) atoms. The Morgan fingerprint density at radius 2 is 2.00 bits per heavy atom. The Balaban J connectivity index is 1.70. The summed E-state index contributed by atoms with van der Waals surface area (Å²) in [5.74, 6) is 1.59. The van der Waals surface area contributed by atoms with E-state index in [9.17, 15) is 0 Å². The van der Waals surface area contributed by atoms with Crippen LogP contribution in [-0.4, -0.2) is 16.7 Å². The summed E-state index contributed by atoms with van der Waals surface area (Å²) in [5.41, 5.74) is 1.16. The second-order valence-corrected chi connectivity index (χ2v) is 4.41. The summed E-state index contributed by atoms with van der Waals surface area (Å²) in [6.07, 6.45) is 3.74. The first-order chi connectivity index (χ1) is 9.93. The molecule has 0 aliphatic heterocycles. The molecule has 0 radical (unpaired) electrons. The van der Waals surface area contributed by atoms with Gasteiger partial charge in [0.1, 0.15) is 5.76 Å². The molecule has 5 heteroatoms. The largest absolute Gasteiger partial charge is 0.467 e. The van der Waals surface area contributed by atoms with Crippen LogP contribution in [0.4, 0.5) is 0 Å². The predicted molar refractivity (Wildman–Crippen MR) is 73.0 cm³/mol. The molecular formula is C15H15N3O2. The van der Waals surface area contributed by atoms with Crippen molar-refractivity contribution in [3.8, 4) is 0 Å². The lowest BCUT2D eigenvalue weighted by Crippen LogP contribution is -2.24. The zero-order valence-electron chi connectivity index (χ0n) is 10.9. The molecule has 1 atom stereocenters. The smallest absolute Gasteiger partial charge is 0.213 e. The van der Waals surface area contributed by atoms with Crippen molar-refractivity contribution in [2.75, 3.05) is 6.54 Å². The Bertz CT molecular complexity index is 606. The van der Waals surface area contributed by atoms with E-state index in [1.807, 2.05) is 30.3 Å². The van der Waals surface area contributed by atoms with Gasteiger partial charge in [0.05, 0.1) is 12.3 Å². The molecule has 0 saturated heterocycles. The third kappa shape index (κ3) is 2.95. The monoisotopic (exact) mass is 269 g/mol. The first-order valence-corrected chi connectivity index (χ1v) is 6.50. The highest BCUT2D eigenvalue weighted by molar-refractivity contribution is 5.26. The molecule has 0 saturated carbocycles. The summed E-state index contributed by atoms with van der Waals surface area (Å²) < 4.78 is 10.2. The minimum Gasteiger partial charge on any atom is -0.467 e. The lowest BCUT2D eigenvalue weighted by atomic mass is 10.0. The molecule has 3 rings (SSSR count). The lowest BCUT2D eigenvalue weighted by Gasteiger charge is -2.16. The third-order valence-corrected chi connectivity index (χ3v) is 3.06. The summed E-state index contributed by atoms with van der Waals surface area (Å²) in [7, 11) is 0. The van der Waals surface area contributed by atoms with E-state index in [1.54, 1.807) is 6.26 Å². The molecule has 0 bridgehead atoms. The van der Waals surface area contributed by atoms with E-state index >= 15 is 0 Å². The Morgan fingerprint density at radius 3 is 2.70 bits per heavy atom. The quantitative estimate of drug-likeness (QED) is 0.745. The Hall–Kier alpha value is -2.40. The maximum atomic E-state index is 5.53. The van der Waals surface area contributed by atoms with E-state index in [4.69, 9.17) is 8.94 Å². The first kappa shape index (κ1) is 12.6. The fourth-order valence-electron chi connectivity index (χ4n) is 2.11. The number of hydrogen-bond donors (Lipinski definition) is 1. The standard InChI is InChI=1S/C15H15N3O2/c1-2-5-12(6-3-1)15(13-7-4-10-19-13)16-9-8-14-17-11-20-18-14/h1-7,10-11,15-16H,8-9H2. The van der Waals surface area contributed by atoms with Crippen LogP contribution >= 0.6 is 0 Å². The molecule has 0 aliphatic carbocycles. The third-order valence-electron chi connectivity index (χ3n) is 3.06. The van der Waals surface area contributed by atoms with Gasteiger partial charge in [-0.25, -0.2) is 0 Å². The summed E-state index contributed by atoms with van der Waals surface area (Å²) in [5, 5.41) is 7.26. The van der Waals surface area contributed by atoms with Gasteiger partial charge >= 0.3 is 0 Å². The number of hydrogen-bond acceptors (Lipinski definition) is 5. The van der Waals surface area contributed by atoms with Gasteiger partial charge in [-0.1, -0.05) is 35.5 Å². The van der Waals surface area contributed by atoms with Crippen LogP contribution in [0.1, 0.15) is 23.2 Å². The molecule has 5 nitrogen and oxygen atoms in total. The van der Waals surface area contributed by atoms with Crippen molar-refractivity contribution < 1.29 is 8.94 Å². The topological polar surface area (TPSA) is 64.1 Å². The van der Waals surface area contributed by atoms with Gasteiger partial charge in [-0.2, -0.15) is 4.98 Å². The van der Waals surface area contributed by atoms with Gasteiger partial charge in [-0.05, 0) is 17.7 Å². The van der Waals surface area contributed by atoms with Crippen molar-refractivity contribution in [2.45, 2.75) is 12.5 Å². The maximum absolute atomic E-state index is 5.53. The summed E-state index contributed by atoms with van der Waals surface area (Å²) in [4.78, 5) is 4.01. The normalized spacial score (nSPS) is 12.4. The molecule has 2 heterocycles. The molecule has 1 aromatic carbocycles. The molecule has 1 N–H and O–H groups in total. The van der Waals surface area contributed by atoms with Crippen LogP contribution in [0, 0.1) is 0 Å². The molecule has 0 spiro atoms. The summed E-state index contributed by atoms with van der Waals surface area (Å²) in [6.45, 7) is 0.736.